The van der Waals surface area contributed by atoms with Crippen LogP contribution in [0.4, 0.5) is 0 Å². The molecule has 1 fully saturated rings. The van der Waals surface area contributed by atoms with Gasteiger partial charge in [0.15, 0.2) is 8.32 Å². The lowest BCUT2D eigenvalue weighted by molar-refractivity contribution is -0.105. The van der Waals surface area contributed by atoms with E-state index < -0.39 is 8.32 Å². The monoisotopic (exact) mass is 319 g/mol. The van der Waals surface area contributed by atoms with Crippen molar-refractivity contribution in [3.05, 3.63) is 24.8 Å². The molecule has 0 spiro atoms. The Kier molecular flexibility index (Phi) is 3.66. The molecule has 0 aromatic carbocycles. The molecule has 0 amide bonds. The zero-order chi connectivity index (χ0) is 16.0. The molecule has 0 atom stereocenters. The summed E-state index contributed by atoms with van der Waals surface area (Å²) in [5, 5.41) is 1.04. The molecule has 5 nitrogen and oxygen atoms in total. The Labute approximate surface area is 132 Å². The minimum atomic E-state index is -2.19. The van der Waals surface area contributed by atoms with Gasteiger partial charge in [-0.3, -0.25) is 0 Å². The van der Waals surface area contributed by atoms with Crippen LogP contribution in [0.25, 0.3) is 11.0 Å². The van der Waals surface area contributed by atoms with Crippen LogP contribution >= 0.6 is 0 Å². The van der Waals surface area contributed by atoms with Gasteiger partial charge in [-0.1, -0.05) is 13.8 Å². The van der Waals surface area contributed by atoms with E-state index in [-0.39, 0.29) is 10.6 Å². The SMILES string of the molecule is CC(C)(CCC1(n2ccc3cncnc32)COC1)[Si](C)(C)O. The predicted molar refractivity (Wildman–Crippen MR) is 89.3 cm³/mol. The fourth-order valence-corrected chi connectivity index (χ4v) is 3.59. The zero-order valence-corrected chi connectivity index (χ0v) is 14.8. The van der Waals surface area contributed by atoms with Crippen molar-refractivity contribution in [3.8, 4) is 0 Å². The summed E-state index contributed by atoms with van der Waals surface area (Å²) >= 11 is 0. The van der Waals surface area contributed by atoms with Crippen LogP contribution in [0.3, 0.4) is 0 Å². The molecule has 1 aliphatic heterocycles. The summed E-state index contributed by atoms with van der Waals surface area (Å²) in [5.41, 5.74) is 0.934. The van der Waals surface area contributed by atoms with E-state index in [1.54, 1.807) is 6.33 Å². The van der Waals surface area contributed by atoms with E-state index in [2.05, 4.69) is 40.6 Å². The van der Waals surface area contributed by atoms with Crippen molar-refractivity contribution >= 4 is 19.4 Å². The largest absolute Gasteiger partial charge is 0.432 e. The summed E-state index contributed by atoms with van der Waals surface area (Å²) in [6.07, 6.45) is 7.51. The predicted octanol–water partition coefficient (Wildman–Crippen LogP) is 2.91. The topological polar surface area (TPSA) is 60.2 Å². The van der Waals surface area contributed by atoms with Crippen molar-refractivity contribution in [1.29, 1.82) is 0 Å². The molecule has 1 saturated heterocycles. The fourth-order valence-electron chi connectivity index (χ4n) is 2.85. The standard InChI is InChI=1S/C16H25N3O2Si/c1-15(2,22(3,4)20)6-7-16(10-21-11-16)19-8-5-13-9-17-12-18-14(13)19/h5,8-9,12,20H,6-7,10-11H2,1-4H3. The molecule has 120 valence electrons. The number of aromatic nitrogens is 3. The first kappa shape index (κ1) is 15.6. The molecule has 0 bridgehead atoms. The summed E-state index contributed by atoms with van der Waals surface area (Å²) < 4.78 is 7.79. The third-order valence-corrected chi connectivity index (χ3v) is 9.04. The third-order valence-electron chi connectivity index (χ3n) is 5.47. The second-order valence-corrected chi connectivity index (χ2v) is 12.1. The van der Waals surface area contributed by atoms with Gasteiger partial charge in [0, 0.05) is 17.8 Å². The molecule has 3 heterocycles. The van der Waals surface area contributed by atoms with Gasteiger partial charge in [0.25, 0.3) is 0 Å². The van der Waals surface area contributed by atoms with Crippen LogP contribution in [-0.2, 0) is 10.3 Å². The first-order chi connectivity index (χ1) is 10.3. The highest BCUT2D eigenvalue weighted by molar-refractivity contribution is 6.72. The first-order valence-corrected chi connectivity index (χ1v) is 10.8. The number of ether oxygens (including phenoxy) is 1. The van der Waals surface area contributed by atoms with E-state index in [0.717, 1.165) is 23.9 Å². The van der Waals surface area contributed by atoms with E-state index in [4.69, 9.17) is 4.74 Å². The summed E-state index contributed by atoms with van der Waals surface area (Å²) in [4.78, 5) is 19.0. The quantitative estimate of drug-likeness (QED) is 0.861. The third kappa shape index (κ3) is 2.49. The van der Waals surface area contributed by atoms with Gasteiger partial charge < -0.3 is 14.1 Å². The Bertz CT molecular complexity index is 671. The van der Waals surface area contributed by atoms with Crippen LogP contribution in [0.2, 0.25) is 18.1 Å². The molecular formula is C16H25N3O2Si. The Hall–Kier alpha value is -1.24. The summed E-state index contributed by atoms with van der Waals surface area (Å²) in [7, 11) is -2.19. The van der Waals surface area contributed by atoms with E-state index in [1.807, 2.05) is 19.3 Å². The maximum absolute atomic E-state index is 10.5. The van der Waals surface area contributed by atoms with Crippen molar-refractivity contribution < 1.29 is 9.53 Å². The lowest BCUT2D eigenvalue weighted by atomic mass is 9.87. The second-order valence-electron chi connectivity index (χ2n) is 7.65. The van der Waals surface area contributed by atoms with Crippen LogP contribution in [0, 0.1) is 0 Å². The Balaban J connectivity index is 1.87. The molecule has 0 radical (unpaired) electrons. The molecule has 2 aromatic heterocycles. The highest BCUT2D eigenvalue weighted by atomic mass is 28.4. The maximum atomic E-state index is 10.5. The van der Waals surface area contributed by atoms with Crippen LogP contribution < -0.4 is 0 Å². The van der Waals surface area contributed by atoms with Crippen LogP contribution in [0.1, 0.15) is 26.7 Å². The Morgan fingerprint density at radius 3 is 2.73 bits per heavy atom. The average Bonchev–Trinajstić information content (AvgIpc) is 2.81. The maximum Gasteiger partial charge on any atom is 0.188 e. The average molecular weight is 319 g/mol. The van der Waals surface area contributed by atoms with Gasteiger partial charge >= 0.3 is 0 Å². The number of nitrogens with zero attached hydrogens (tertiary/aromatic N) is 3. The number of rotatable bonds is 5. The van der Waals surface area contributed by atoms with Crippen molar-refractivity contribution in [2.75, 3.05) is 13.2 Å². The van der Waals surface area contributed by atoms with Crippen molar-refractivity contribution in [1.82, 2.24) is 14.5 Å². The van der Waals surface area contributed by atoms with Gasteiger partial charge in [0.05, 0.1) is 18.8 Å². The van der Waals surface area contributed by atoms with Gasteiger partial charge in [-0.15, -0.1) is 0 Å². The molecule has 0 saturated carbocycles. The van der Waals surface area contributed by atoms with Crippen LogP contribution in [0.5, 0.6) is 0 Å². The normalized spacial score (nSPS) is 18.4. The van der Waals surface area contributed by atoms with Gasteiger partial charge in [0.1, 0.15) is 12.0 Å². The van der Waals surface area contributed by atoms with Gasteiger partial charge in [-0.25, -0.2) is 9.97 Å². The Morgan fingerprint density at radius 1 is 1.41 bits per heavy atom. The van der Waals surface area contributed by atoms with Gasteiger partial charge in [0.2, 0.25) is 0 Å². The number of hydrogen-bond donors (Lipinski definition) is 1. The second kappa shape index (κ2) is 5.14. The molecule has 1 N–H and O–H groups in total. The molecule has 0 aliphatic carbocycles. The van der Waals surface area contributed by atoms with Crippen molar-refractivity contribution in [3.63, 3.8) is 0 Å². The zero-order valence-electron chi connectivity index (χ0n) is 13.8. The molecule has 0 unspecified atom stereocenters. The summed E-state index contributed by atoms with van der Waals surface area (Å²) in [6, 6.07) is 2.06. The molecule has 2 aromatic rings. The van der Waals surface area contributed by atoms with E-state index in [9.17, 15) is 4.80 Å². The van der Waals surface area contributed by atoms with E-state index in [1.165, 1.54) is 0 Å². The van der Waals surface area contributed by atoms with Crippen molar-refractivity contribution in [2.45, 2.75) is 50.4 Å². The molecular weight excluding hydrogens is 294 g/mol. The van der Waals surface area contributed by atoms with Crippen LogP contribution in [0.15, 0.2) is 24.8 Å². The molecule has 3 rings (SSSR count). The molecule has 1 aliphatic rings. The van der Waals surface area contributed by atoms with E-state index in [0.29, 0.717) is 13.2 Å². The minimum absolute atomic E-state index is 0.0203. The summed E-state index contributed by atoms with van der Waals surface area (Å²) in [5.74, 6) is 0. The molecule has 6 heteroatoms. The number of hydrogen-bond acceptors (Lipinski definition) is 4. The van der Waals surface area contributed by atoms with Gasteiger partial charge in [-0.05, 0) is 37.0 Å². The lowest BCUT2D eigenvalue weighted by Crippen LogP contribution is -2.52. The lowest BCUT2D eigenvalue weighted by Gasteiger charge is -2.46. The Morgan fingerprint density at radius 2 is 2.14 bits per heavy atom. The van der Waals surface area contributed by atoms with Crippen LogP contribution in [-0.4, -0.2) is 40.9 Å². The molecule has 22 heavy (non-hydrogen) atoms. The van der Waals surface area contributed by atoms with Gasteiger partial charge in [-0.2, -0.15) is 0 Å². The fraction of sp³-hybridized carbons (Fsp3) is 0.625. The highest BCUT2D eigenvalue weighted by Gasteiger charge is 2.45. The van der Waals surface area contributed by atoms with Crippen molar-refractivity contribution in [2.24, 2.45) is 0 Å². The smallest absolute Gasteiger partial charge is 0.188 e. The first-order valence-electron chi connectivity index (χ1n) is 7.83. The van der Waals surface area contributed by atoms with E-state index >= 15 is 0 Å². The minimum Gasteiger partial charge on any atom is -0.432 e. The number of fused-ring (bicyclic) bond motifs is 1. The summed E-state index contributed by atoms with van der Waals surface area (Å²) in [6.45, 7) is 9.84. The highest BCUT2D eigenvalue weighted by Crippen LogP contribution is 2.44.